The Labute approximate surface area is 70.6 Å². The van der Waals surface area contributed by atoms with Crippen LogP contribution in [0.1, 0.15) is 5.69 Å². The number of hydrogen-bond donors (Lipinski definition) is 2. The van der Waals surface area contributed by atoms with Gasteiger partial charge in [0.1, 0.15) is 12.8 Å². The van der Waals surface area contributed by atoms with Gasteiger partial charge in [0.15, 0.2) is 0 Å². The van der Waals surface area contributed by atoms with Crippen LogP contribution in [0.5, 0.6) is 0 Å². The summed E-state index contributed by atoms with van der Waals surface area (Å²) in [6.45, 7) is -0.0375. The predicted octanol–water partition coefficient (Wildman–Crippen LogP) is 0.277. The van der Waals surface area contributed by atoms with E-state index in [9.17, 15) is 4.39 Å². The van der Waals surface area contributed by atoms with E-state index in [1.54, 1.807) is 10.8 Å². The molecule has 1 aromatic heterocycles. The van der Waals surface area contributed by atoms with Crippen molar-refractivity contribution in [1.29, 1.82) is 0 Å². The summed E-state index contributed by atoms with van der Waals surface area (Å²) in [6, 6.07) is 3.68. The summed E-state index contributed by atoms with van der Waals surface area (Å²) in [5.41, 5.74) is 6.32. The first kappa shape index (κ1) is 9.22. The topological polar surface area (TPSA) is 51.2 Å². The van der Waals surface area contributed by atoms with E-state index in [0.29, 0.717) is 6.54 Å². The largest absolute Gasteiger partial charge is 0.389 e. The standard InChI is InChI=1S/C8H13FN2O/c9-4-8(12)6-11-3-1-2-7(11)5-10/h1-3,8,12H,4-6,10H2. The molecule has 1 aromatic rings. The van der Waals surface area contributed by atoms with E-state index in [1.165, 1.54) is 0 Å². The number of rotatable bonds is 4. The van der Waals surface area contributed by atoms with Crippen molar-refractivity contribution in [2.75, 3.05) is 6.67 Å². The third-order valence-corrected chi connectivity index (χ3v) is 1.72. The van der Waals surface area contributed by atoms with Crippen molar-refractivity contribution in [1.82, 2.24) is 4.57 Å². The molecule has 0 amide bonds. The molecule has 1 unspecified atom stereocenters. The Kier molecular flexibility index (Phi) is 3.25. The van der Waals surface area contributed by atoms with Crippen LogP contribution in [-0.4, -0.2) is 22.5 Å². The van der Waals surface area contributed by atoms with Gasteiger partial charge in [-0.15, -0.1) is 0 Å². The fourth-order valence-corrected chi connectivity index (χ4v) is 1.09. The van der Waals surface area contributed by atoms with E-state index in [4.69, 9.17) is 10.8 Å². The van der Waals surface area contributed by atoms with Gasteiger partial charge in [-0.2, -0.15) is 0 Å². The fraction of sp³-hybridized carbons (Fsp3) is 0.500. The van der Waals surface area contributed by atoms with Gasteiger partial charge in [0.25, 0.3) is 0 Å². The molecule has 12 heavy (non-hydrogen) atoms. The van der Waals surface area contributed by atoms with Crippen molar-refractivity contribution in [3.8, 4) is 0 Å². The van der Waals surface area contributed by atoms with Gasteiger partial charge in [-0.3, -0.25) is 0 Å². The quantitative estimate of drug-likeness (QED) is 0.685. The molecule has 1 atom stereocenters. The molecule has 4 heteroatoms. The number of alkyl halides is 1. The Bertz CT molecular complexity index is 237. The molecule has 1 heterocycles. The van der Waals surface area contributed by atoms with Crippen LogP contribution >= 0.6 is 0 Å². The van der Waals surface area contributed by atoms with Crippen LogP contribution in [0.25, 0.3) is 0 Å². The van der Waals surface area contributed by atoms with Gasteiger partial charge in [-0.1, -0.05) is 0 Å². The molecular formula is C8H13FN2O. The molecule has 0 aliphatic carbocycles. The Hall–Kier alpha value is -0.870. The average molecular weight is 172 g/mol. The van der Waals surface area contributed by atoms with Gasteiger partial charge in [-0.25, -0.2) is 4.39 Å². The van der Waals surface area contributed by atoms with Crippen molar-refractivity contribution in [2.24, 2.45) is 5.73 Å². The molecule has 0 bridgehead atoms. The third kappa shape index (κ3) is 2.06. The number of nitrogens with two attached hydrogens (primary N) is 1. The zero-order valence-corrected chi connectivity index (χ0v) is 6.78. The predicted molar refractivity (Wildman–Crippen MR) is 44.3 cm³/mol. The van der Waals surface area contributed by atoms with Crippen LogP contribution in [-0.2, 0) is 13.1 Å². The first-order chi connectivity index (χ1) is 5.77. The number of aromatic nitrogens is 1. The minimum absolute atomic E-state index is 0.274. The lowest BCUT2D eigenvalue weighted by Gasteiger charge is -2.10. The van der Waals surface area contributed by atoms with E-state index in [2.05, 4.69) is 0 Å². The third-order valence-electron chi connectivity index (χ3n) is 1.72. The van der Waals surface area contributed by atoms with Crippen LogP contribution in [0.15, 0.2) is 18.3 Å². The SMILES string of the molecule is NCc1cccn1CC(O)CF. The highest BCUT2D eigenvalue weighted by molar-refractivity contribution is 5.06. The second kappa shape index (κ2) is 4.23. The maximum Gasteiger partial charge on any atom is 0.117 e. The second-order valence-corrected chi connectivity index (χ2v) is 2.66. The molecule has 0 spiro atoms. The van der Waals surface area contributed by atoms with Crippen LogP contribution < -0.4 is 5.73 Å². The molecule has 0 aliphatic rings. The molecular weight excluding hydrogens is 159 g/mol. The summed E-state index contributed by atoms with van der Waals surface area (Å²) in [7, 11) is 0. The molecule has 0 aromatic carbocycles. The molecule has 0 radical (unpaired) electrons. The normalized spacial score (nSPS) is 13.2. The minimum Gasteiger partial charge on any atom is -0.389 e. The van der Waals surface area contributed by atoms with E-state index >= 15 is 0 Å². The number of hydrogen-bond acceptors (Lipinski definition) is 2. The highest BCUT2D eigenvalue weighted by Gasteiger charge is 2.05. The number of aliphatic hydroxyl groups excluding tert-OH is 1. The maximum atomic E-state index is 11.9. The highest BCUT2D eigenvalue weighted by Crippen LogP contribution is 2.02. The second-order valence-electron chi connectivity index (χ2n) is 2.66. The first-order valence-electron chi connectivity index (χ1n) is 3.86. The lowest BCUT2D eigenvalue weighted by atomic mass is 10.3. The number of halogens is 1. The van der Waals surface area contributed by atoms with E-state index in [1.807, 2.05) is 12.1 Å². The summed E-state index contributed by atoms with van der Waals surface area (Å²) >= 11 is 0. The summed E-state index contributed by atoms with van der Waals surface area (Å²) < 4.78 is 13.7. The van der Waals surface area contributed by atoms with Gasteiger partial charge in [0.05, 0.1) is 6.54 Å². The van der Waals surface area contributed by atoms with Gasteiger partial charge >= 0.3 is 0 Å². The molecule has 68 valence electrons. The fourth-order valence-electron chi connectivity index (χ4n) is 1.09. The molecule has 3 nitrogen and oxygen atoms in total. The van der Waals surface area contributed by atoms with Crippen molar-refractivity contribution < 1.29 is 9.50 Å². The van der Waals surface area contributed by atoms with Crippen molar-refractivity contribution >= 4 is 0 Å². The number of nitrogens with zero attached hydrogens (tertiary/aromatic N) is 1. The summed E-state index contributed by atoms with van der Waals surface area (Å²) in [5.74, 6) is 0. The summed E-state index contributed by atoms with van der Waals surface area (Å²) in [4.78, 5) is 0. The first-order valence-corrected chi connectivity index (χ1v) is 3.86. The van der Waals surface area contributed by atoms with Crippen molar-refractivity contribution in [3.63, 3.8) is 0 Å². The minimum atomic E-state index is -0.928. The molecule has 0 aliphatic heterocycles. The van der Waals surface area contributed by atoms with Gasteiger partial charge in [-0.05, 0) is 12.1 Å². The summed E-state index contributed by atoms with van der Waals surface area (Å²) in [5, 5.41) is 9.01. The molecule has 0 fully saturated rings. The Morgan fingerprint density at radius 2 is 2.42 bits per heavy atom. The van der Waals surface area contributed by atoms with Gasteiger partial charge in [0, 0.05) is 18.4 Å². The summed E-state index contributed by atoms with van der Waals surface area (Å²) in [6.07, 6.45) is 0.851. The van der Waals surface area contributed by atoms with Gasteiger partial charge in [0.2, 0.25) is 0 Å². The Morgan fingerprint density at radius 1 is 1.67 bits per heavy atom. The average Bonchev–Trinajstić information content (AvgIpc) is 2.51. The molecule has 0 saturated carbocycles. The van der Waals surface area contributed by atoms with E-state index < -0.39 is 12.8 Å². The van der Waals surface area contributed by atoms with Crippen LogP contribution in [0.2, 0.25) is 0 Å². The van der Waals surface area contributed by atoms with Crippen LogP contribution in [0.3, 0.4) is 0 Å². The number of aliphatic hydroxyl groups is 1. The maximum absolute atomic E-state index is 11.9. The lowest BCUT2D eigenvalue weighted by molar-refractivity contribution is 0.121. The van der Waals surface area contributed by atoms with Gasteiger partial charge < -0.3 is 15.4 Å². The zero-order chi connectivity index (χ0) is 8.97. The van der Waals surface area contributed by atoms with Crippen LogP contribution in [0.4, 0.5) is 4.39 Å². The lowest BCUT2D eigenvalue weighted by Crippen LogP contribution is -2.19. The highest BCUT2D eigenvalue weighted by atomic mass is 19.1. The zero-order valence-electron chi connectivity index (χ0n) is 6.78. The molecule has 0 saturated heterocycles. The van der Waals surface area contributed by atoms with Crippen LogP contribution in [0, 0.1) is 0 Å². The molecule has 3 N–H and O–H groups in total. The molecule has 1 rings (SSSR count). The van der Waals surface area contributed by atoms with E-state index in [-0.39, 0.29) is 6.54 Å². The van der Waals surface area contributed by atoms with Crippen molar-refractivity contribution in [3.05, 3.63) is 24.0 Å². The van der Waals surface area contributed by atoms with E-state index in [0.717, 1.165) is 5.69 Å². The Morgan fingerprint density at radius 3 is 3.00 bits per heavy atom. The monoisotopic (exact) mass is 172 g/mol. The van der Waals surface area contributed by atoms with Crippen molar-refractivity contribution in [2.45, 2.75) is 19.2 Å². The Balaban J connectivity index is 2.61. The smallest absolute Gasteiger partial charge is 0.117 e.